The van der Waals surface area contributed by atoms with Gasteiger partial charge in [-0.25, -0.2) is 0 Å². The van der Waals surface area contributed by atoms with Crippen LogP contribution in [-0.2, 0) is 0 Å². The normalized spacial score (nSPS) is 10.2. The molecule has 1 aromatic rings. The molecule has 1 heteroatoms. The first-order valence-electron chi connectivity index (χ1n) is 3.46. The van der Waals surface area contributed by atoms with Gasteiger partial charge in [-0.05, 0) is 23.8 Å². The Kier molecular flexibility index (Phi) is 2.50. The summed E-state index contributed by atoms with van der Waals surface area (Å²) in [4.78, 5) is 3.05. The Morgan fingerprint density at radius 3 is 2.91 bits per heavy atom. The van der Waals surface area contributed by atoms with Gasteiger partial charge in [0.05, 0.1) is 0 Å². The van der Waals surface area contributed by atoms with Crippen LogP contribution in [0.15, 0.2) is 49.2 Å². The van der Waals surface area contributed by atoms with Crippen molar-refractivity contribution in [1.29, 1.82) is 0 Å². The van der Waals surface area contributed by atoms with Crippen molar-refractivity contribution in [1.82, 2.24) is 4.98 Å². The number of aromatic amines is 1. The SMILES string of the molecule is C=CC(=C)/C=C/c1ccc[nH]1. The van der Waals surface area contributed by atoms with E-state index >= 15 is 0 Å². The first-order chi connectivity index (χ1) is 5.33. The van der Waals surface area contributed by atoms with Crippen molar-refractivity contribution in [2.75, 3.05) is 0 Å². The molecule has 1 nitrogen and oxygen atoms in total. The summed E-state index contributed by atoms with van der Waals surface area (Å²) in [6.07, 6.45) is 7.48. The molecule has 0 aliphatic carbocycles. The highest BCUT2D eigenvalue weighted by atomic mass is 14.7. The maximum atomic E-state index is 3.75. The molecular weight excluding hydrogens is 134 g/mol. The molecule has 1 aromatic heterocycles. The molecule has 0 amide bonds. The Hall–Kier alpha value is -1.50. The van der Waals surface area contributed by atoms with Gasteiger partial charge < -0.3 is 4.98 Å². The number of rotatable bonds is 3. The van der Waals surface area contributed by atoms with Gasteiger partial charge in [0.15, 0.2) is 0 Å². The smallest absolute Gasteiger partial charge is 0.0380 e. The highest BCUT2D eigenvalue weighted by Crippen LogP contribution is 2.01. The van der Waals surface area contributed by atoms with E-state index in [1.165, 1.54) is 0 Å². The van der Waals surface area contributed by atoms with Crippen molar-refractivity contribution < 1.29 is 0 Å². The summed E-state index contributed by atoms with van der Waals surface area (Å²) in [6.45, 7) is 7.35. The molecule has 0 aliphatic rings. The summed E-state index contributed by atoms with van der Waals surface area (Å²) in [5, 5.41) is 0. The molecule has 0 aliphatic heterocycles. The molecule has 11 heavy (non-hydrogen) atoms. The summed E-state index contributed by atoms with van der Waals surface area (Å²) in [6, 6.07) is 3.95. The highest BCUT2D eigenvalue weighted by molar-refractivity contribution is 5.50. The zero-order valence-electron chi connectivity index (χ0n) is 6.38. The van der Waals surface area contributed by atoms with Gasteiger partial charge in [-0.2, -0.15) is 0 Å². The van der Waals surface area contributed by atoms with Crippen molar-refractivity contribution in [3.05, 3.63) is 54.9 Å². The fraction of sp³-hybridized carbons (Fsp3) is 0. The van der Waals surface area contributed by atoms with E-state index in [2.05, 4.69) is 18.1 Å². The summed E-state index contributed by atoms with van der Waals surface area (Å²) in [7, 11) is 0. The second-order valence-electron chi connectivity index (χ2n) is 2.24. The third-order valence-electron chi connectivity index (χ3n) is 1.36. The van der Waals surface area contributed by atoms with Crippen LogP contribution in [0.4, 0.5) is 0 Å². The molecule has 0 unspecified atom stereocenters. The molecule has 0 radical (unpaired) electrons. The molecule has 0 aromatic carbocycles. The third kappa shape index (κ3) is 2.30. The lowest BCUT2D eigenvalue weighted by Gasteiger charge is -1.86. The van der Waals surface area contributed by atoms with Crippen LogP contribution in [0, 0.1) is 0 Å². The highest BCUT2D eigenvalue weighted by Gasteiger charge is 1.82. The minimum atomic E-state index is 0.916. The van der Waals surface area contributed by atoms with Gasteiger partial charge in [0.2, 0.25) is 0 Å². The molecule has 0 bridgehead atoms. The van der Waals surface area contributed by atoms with Crippen molar-refractivity contribution in [3.63, 3.8) is 0 Å². The fourth-order valence-corrected chi connectivity index (χ4v) is 0.713. The van der Waals surface area contributed by atoms with Gasteiger partial charge in [-0.1, -0.05) is 25.3 Å². The van der Waals surface area contributed by atoms with Crippen LogP contribution in [0.5, 0.6) is 0 Å². The van der Waals surface area contributed by atoms with E-state index < -0.39 is 0 Å². The van der Waals surface area contributed by atoms with Crippen LogP contribution in [0.25, 0.3) is 6.08 Å². The van der Waals surface area contributed by atoms with Crippen molar-refractivity contribution in [3.8, 4) is 0 Å². The second kappa shape index (κ2) is 3.62. The maximum absolute atomic E-state index is 3.75. The number of aromatic nitrogens is 1. The molecule has 0 saturated carbocycles. The van der Waals surface area contributed by atoms with Gasteiger partial charge in [0.1, 0.15) is 0 Å². The minimum absolute atomic E-state index is 0.916. The molecule has 1 heterocycles. The molecule has 1 N–H and O–H groups in total. The summed E-state index contributed by atoms with van der Waals surface area (Å²) in [5.74, 6) is 0. The largest absolute Gasteiger partial charge is 0.362 e. The number of nitrogens with one attached hydrogen (secondary N) is 1. The molecule has 0 atom stereocenters. The molecular formula is C10H11N. The van der Waals surface area contributed by atoms with Gasteiger partial charge in [0.25, 0.3) is 0 Å². The van der Waals surface area contributed by atoms with E-state index in [9.17, 15) is 0 Å². The van der Waals surface area contributed by atoms with Crippen molar-refractivity contribution in [2.24, 2.45) is 0 Å². The lowest BCUT2D eigenvalue weighted by Crippen LogP contribution is -1.68. The monoisotopic (exact) mass is 145 g/mol. The fourth-order valence-electron chi connectivity index (χ4n) is 0.713. The van der Waals surface area contributed by atoms with Gasteiger partial charge in [-0.3, -0.25) is 0 Å². The topological polar surface area (TPSA) is 15.8 Å². The van der Waals surface area contributed by atoms with Crippen LogP contribution >= 0.6 is 0 Å². The van der Waals surface area contributed by atoms with Gasteiger partial charge >= 0.3 is 0 Å². The van der Waals surface area contributed by atoms with Crippen LogP contribution in [0.1, 0.15) is 5.69 Å². The van der Waals surface area contributed by atoms with E-state index in [0.717, 1.165) is 11.3 Å². The van der Waals surface area contributed by atoms with E-state index in [-0.39, 0.29) is 0 Å². The summed E-state index contributed by atoms with van der Waals surface area (Å²) < 4.78 is 0. The average Bonchev–Trinajstić information content (AvgIpc) is 2.52. The second-order valence-corrected chi connectivity index (χ2v) is 2.24. The maximum Gasteiger partial charge on any atom is 0.0380 e. The lowest BCUT2D eigenvalue weighted by molar-refractivity contribution is 1.38. The summed E-state index contributed by atoms with van der Waals surface area (Å²) >= 11 is 0. The Balaban J connectivity index is 2.62. The quantitative estimate of drug-likeness (QED) is 0.629. The Morgan fingerprint density at radius 2 is 2.36 bits per heavy atom. The van der Waals surface area contributed by atoms with E-state index in [1.54, 1.807) is 6.08 Å². The van der Waals surface area contributed by atoms with Crippen LogP contribution < -0.4 is 0 Å². The van der Waals surface area contributed by atoms with E-state index in [0.29, 0.717) is 0 Å². The zero-order chi connectivity index (χ0) is 8.10. The van der Waals surface area contributed by atoms with Crippen molar-refractivity contribution >= 4 is 6.08 Å². The minimum Gasteiger partial charge on any atom is -0.362 e. The third-order valence-corrected chi connectivity index (χ3v) is 1.36. The number of H-pyrrole nitrogens is 1. The zero-order valence-corrected chi connectivity index (χ0v) is 6.38. The first-order valence-corrected chi connectivity index (χ1v) is 3.46. The van der Waals surface area contributed by atoms with Crippen LogP contribution in [-0.4, -0.2) is 4.98 Å². The molecule has 56 valence electrons. The predicted octanol–water partition coefficient (Wildman–Crippen LogP) is 2.77. The Bertz CT molecular complexity index is 265. The van der Waals surface area contributed by atoms with Gasteiger partial charge in [-0.15, -0.1) is 0 Å². The van der Waals surface area contributed by atoms with E-state index in [4.69, 9.17) is 0 Å². The average molecular weight is 145 g/mol. The molecule has 0 spiro atoms. The van der Waals surface area contributed by atoms with E-state index in [1.807, 2.05) is 30.5 Å². The Morgan fingerprint density at radius 1 is 1.55 bits per heavy atom. The first kappa shape index (κ1) is 7.61. The summed E-state index contributed by atoms with van der Waals surface area (Å²) in [5.41, 5.74) is 1.99. The van der Waals surface area contributed by atoms with Crippen LogP contribution in [0.2, 0.25) is 0 Å². The standard InChI is InChI=1S/C10H11N/c1-3-9(2)6-7-10-5-4-8-11-10/h3-8,11H,1-2H2/b7-6+. The van der Waals surface area contributed by atoms with Gasteiger partial charge in [0, 0.05) is 11.9 Å². The number of hydrogen-bond donors (Lipinski definition) is 1. The molecule has 0 saturated heterocycles. The number of allylic oxidation sites excluding steroid dienone is 3. The lowest BCUT2D eigenvalue weighted by atomic mass is 10.2. The number of hydrogen-bond acceptors (Lipinski definition) is 0. The molecule has 1 rings (SSSR count). The van der Waals surface area contributed by atoms with Crippen LogP contribution in [0.3, 0.4) is 0 Å². The predicted molar refractivity (Wildman–Crippen MR) is 49.2 cm³/mol. The molecule has 0 fully saturated rings. The Labute approximate surface area is 66.8 Å². The van der Waals surface area contributed by atoms with Crippen molar-refractivity contribution in [2.45, 2.75) is 0 Å².